The van der Waals surface area contributed by atoms with Gasteiger partial charge in [-0.3, -0.25) is 4.57 Å². The van der Waals surface area contributed by atoms with Gasteiger partial charge in [-0.15, -0.1) is 0 Å². The van der Waals surface area contributed by atoms with E-state index in [0.29, 0.717) is 12.1 Å². The van der Waals surface area contributed by atoms with Crippen molar-refractivity contribution in [3.05, 3.63) is 34.3 Å². The highest BCUT2D eigenvalue weighted by molar-refractivity contribution is 5.73. The lowest BCUT2D eigenvalue weighted by atomic mass is 10.1. The number of nitrogens with zero attached hydrogens (tertiary/aromatic N) is 1. The molecule has 2 aromatic rings. The topological polar surface area (TPSA) is 55.4 Å². The van der Waals surface area contributed by atoms with Crippen LogP contribution in [-0.4, -0.2) is 15.8 Å². The maximum Gasteiger partial charge on any atom is 0.419 e. The number of oxazole rings is 1. The summed E-state index contributed by atoms with van der Waals surface area (Å²) in [5.74, 6) is -0.633. The maximum absolute atomic E-state index is 12.3. The Morgan fingerprint density at radius 1 is 1.44 bits per heavy atom. The molecule has 0 spiro atoms. The van der Waals surface area contributed by atoms with Crippen LogP contribution >= 0.6 is 0 Å². The van der Waals surface area contributed by atoms with Crippen molar-refractivity contribution in [2.75, 3.05) is 0 Å². The highest BCUT2D eigenvalue weighted by atomic mass is 19.4. The van der Waals surface area contributed by atoms with Gasteiger partial charge in [-0.1, -0.05) is 6.07 Å². The molecule has 1 heterocycles. The quantitative estimate of drug-likeness (QED) is 0.901. The van der Waals surface area contributed by atoms with Gasteiger partial charge < -0.3 is 9.52 Å². The largest absolute Gasteiger partial charge is 0.419 e. The molecule has 0 radical (unpaired) electrons. The summed E-state index contributed by atoms with van der Waals surface area (Å²) in [6.07, 6.45) is -7.33. The van der Waals surface area contributed by atoms with Crippen molar-refractivity contribution < 1.29 is 22.7 Å². The Morgan fingerprint density at radius 3 is 2.67 bits per heavy atom. The predicted molar refractivity (Wildman–Crippen MR) is 57.2 cm³/mol. The summed E-state index contributed by atoms with van der Waals surface area (Å²) in [4.78, 5) is 11.4. The average molecular weight is 261 g/mol. The molecule has 1 aromatic heterocycles. The molecule has 0 bridgehead atoms. The van der Waals surface area contributed by atoms with Crippen LogP contribution in [0.2, 0.25) is 0 Å². The summed E-state index contributed by atoms with van der Waals surface area (Å²) in [6.45, 7) is 2.07. The molecule has 2 rings (SSSR count). The van der Waals surface area contributed by atoms with Crippen molar-refractivity contribution in [2.45, 2.75) is 25.7 Å². The Hall–Kier alpha value is -1.76. The van der Waals surface area contributed by atoms with Gasteiger partial charge >= 0.3 is 11.9 Å². The molecule has 0 amide bonds. The molecule has 7 heteroatoms. The summed E-state index contributed by atoms with van der Waals surface area (Å²) in [5, 5.41) is 9.10. The van der Waals surface area contributed by atoms with Crippen LogP contribution < -0.4 is 5.76 Å². The first-order chi connectivity index (χ1) is 8.34. The van der Waals surface area contributed by atoms with Crippen molar-refractivity contribution in [1.82, 2.24) is 4.57 Å². The molecule has 0 aliphatic heterocycles. The molecule has 1 unspecified atom stereocenters. The van der Waals surface area contributed by atoms with Gasteiger partial charge in [0, 0.05) is 6.54 Å². The number of aliphatic hydroxyl groups is 1. The van der Waals surface area contributed by atoms with Gasteiger partial charge in [-0.2, -0.15) is 13.2 Å². The summed E-state index contributed by atoms with van der Waals surface area (Å²) < 4.78 is 43.1. The van der Waals surface area contributed by atoms with Crippen LogP contribution in [0.1, 0.15) is 18.6 Å². The number of hydrogen-bond acceptors (Lipinski definition) is 3. The predicted octanol–water partition coefficient (Wildman–Crippen LogP) is 2.21. The molecule has 98 valence electrons. The van der Waals surface area contributed by atoms with Crippen molar-refractivity contribution in [3.63, 3.8) is 0 Å². The lowest BCUT2D eigenvalue weighted by molar-refractivity contribution is -0.206. The summed E-state index contributed by atoms with van der Waals surface area (Å²) in [6, 6.07) is 3.48. The smallest absolute Gasteiger partial charge is 0.408 e. The van der Waals surface area contributed by atoms with Gasteiger partial charge in [-0.25, -0.2) is 4.79 Å². The normalized spacial score (nSPS) is 14.1. The first-order valence-corrected chi connectivity index (χ1v) is 5.22. The van der Waals surface area contributed by atoms with E-state index in [1.54, 1.807) is 6.92 Å². The zero-order valence-corrected chi connectivity index (χ0v) is 9.36. The molecule has 18 heavy (non-hydrogen) atoms. The Labute approximate surface area is 99.2 Å². The van der Waals surface area contributed by atoms with E-state index in [-0.39, 0.29) is 11.1 Å². The molecule has 1 atom stereocenters. The lowest BCUT2D eigenvalue weighted by Crippen LogP contribution is -2.20. The second kappa shape index (κ2) is 4.16. The van der Waals surface area contributed by atoms with Gasteiger partial charge in [0.1, 0.15) is 0 Å². The van der Waals surface area contributed by atoms with E-state index in [4.69, 9.17) is 9.52 Å². The summed E-state index contributed by atoms with van der Waals surface area (Å²) >= 11 is 0. The van der Waals surface area contributed by atoms with Gasteiger partial charge in [0.25, 0.3) is 0 Å². The number of aromatic nitrogens is 1. The van der Waals surface area contributed by atoms with E-state index < -0.39 is 18.0 Å². The molecule has 0 fully saturated rings. The molecular formula is C11H10F3NO3. The Bertz CT molecular complexity index is 626. The monoisotopic (exact) mass is 261 g/mol. The van der Waals surface area contributed by atoms with Gasteiger partial charge in [0.05, 0.1) is 5.52 Å². The molecule has 0 saturated heterocycles. The Morgan fingerprint density at radius 2 is 2.11 bits per heavy atom. The van der Waals surface area contributed by atoms with Crippen molar-refractivity contribution in [1.29, 1.82) is 0 Å². The third-order valence-electron chi connectivity index (χ3n) is 2.63. The number of benzene rings is 1. The number of hydrogen-bond donors (Lipinski definition) is 1. The van der Waals surface area contributed by atoms with Gasteiger partial charge in [0.2, 0.25) is 0 Å². The first-order valence-electron chi connectivity index (χ1n) is 5.22. The molecule has 0 aliphatic rings. The zero-order valence-electron chi connectivity index (χ0n) is 9.36. The highest BCUT2D eigenvalue weighted by Gasteiger charge is 2.39. The minimum absolute atomic E-state index is 0.0302. The number of rotatable bonds is 2. The second-order valence-corrected chi connectivity index (χ2v) is 3.78. The van der Waals surface area contributed by atoms with Crippen molar-refractivity contribution in [3.8, 4) is 0 Å². The van der Waals surface area contributed by atoms with E-state index in [2.05, 4.69) is 0 Å². The third-order valence-corrected chi connectivity index (χ3v) is 2.63. The highest BCUT2D eigenvalue weighted by Crippen LogP contribution is 2.33. The van der Waals surface area contributed by atoms with Crippen LogP contribution in [0.15, 0.2) is 27.4 Å². The standard InChI is InChI=1S/C11H10F3NO3/c1-2-15-7-4-3-6(9(16)11(12,13)14)5-8(7)18-10(15)17/h3-5,9,16H,2H2,1H3. The summed E-state index contributed by atoms with van der Waals surface area (Å²) in [7, 11) is 0. The zero-order chi connectivity index (χ0) is 13.5. The molecule has 1 aromatic carbocycles. The fraction of sp³-hybridized carbons (Fsp3) is 0.364. The number of halogens is 3. The van der Waals surface area contributed by atoms with E-state index in [0.717, 1.165) is 12.1 Å². The Kier molecular flexibility index (Phi) is 2.94. The lowest BCUT2D eigenvalue weighted by Gasteiger charge is -2.14. The van der Waals surface area contributed by atoms with Gasteiger partial charge in [-0.05, 0) is 24.6 Å². The Balaban J connectivity index is 2.56. The maximum atomic E-state index is 12.3. The fourth-order valence-corrected chi connectivity index (χ4v) is 1.74. The van der Waals surface area contributed by atoms with Crippen LogP contribution in [0.25, 0.3) is 11.1 Å². The van der Waals surface area contributed by atoms with Crippen LogP contribution in [0.5, 0.6) is 0 Å². The van der Waals surface area contributed by atoms with Gasteiger partial charge in [0.15, 0.2) is 11.7 Å². The third kappa shape index (κ3) is 2.01. The van der Waals surface area contributed by atoms with Crippen LogP contribution in [0.4, 0.5) is 13.2 Å². The molecule has 4 nitrogen and oxygen atoms in total. The number of aryl methyl sites for hydroxylation is 1. The van der Waals surface area contributed by atoms with E-state index in [1.807, 2.05) is 0 Å². The second-order valence-electron chi connectivity index (χ2n) is 3.78. The molecule has 0 saturated carbocycles. The number of aliphatic hydroxyl groups excluding tert-OH is 1. The van der Waals surface area contributed by atoms with E-state index in [9.17, 15) is 18.0 Å². The summed E-state index contributed by atoms with van der Waals surface area (Å²) in [5.41, 5.74) is 0.0790. The molecular weight excluding hydrogens is 251 g/mol. The SMILES string of the molecule is CCn1c(=O)oc2cc(C(O)C(F)(F)F)ccc21. The first kappa shape index (κ1) is 12.7. The van der Waals surface area contributed by atoms with Crippen molar-refractivity contribution in [2.24, 2.45) is 0 Å². The van der Waals surface area contributed by atoms with Crippen LogP contribution in [0, 0.1) is 0 Å². The number of alkyl halides is 3. The van der Waals surface area contributed by atoms with Crippen LogP contribution in [-0.2, 0) is 6.54 Å². The molecule has 0 aliphatic carbocycles. The fourth-order valence-electron chi connectivity index (χ4n) is 1.74. The average Bonchev–Trinajstić information content (AvgIpc) is 2.60. The minimum atomic E-state index is -4.75. The number of fused-ring (bicyclic) bond motifs is 1. The van der Waals surface area contributed by atoms with E-state index >= 15 is 0 Å². The molecule has 1 N–H and O–H groups in total. The van der Waals surface area contributed by atoms with Crippen molar-refractivity contribution >= 4 is 11.1 Å². The van der Waals surface area contributed by atoms with Crippen LogP contribution in [0.3, 0.4) is 0 Å². The minimum Gasteiger partial charge on any atom is -0.408 e. The van der Waals surface area contributed by atoms with E-state index in [1.165, 1.54) is 10.6 Å².